The largest absolute Gasteiger partial charge is 0.497 e. The van der Waals surface area contributed by atoms with Crippen molar-refractivity contribution in [2.75, 3.05) is 12.0 Å². The first-order valence-corrected chi connectivity index (χ1v) is 14.0. The molecule has 0 aromatic heterocycles. The van der Waals surface area contributed by atoms with E-state index in [1.54, 1.807) is 72.8 Å². The van der Waals surface area contributed by atoms with Gasteiger partial charge in [-0.05, 0) is 72.3 Å². The van der Waals surface area contributed by atoms with Crippen LogP contribution in [0.5, 0.6) is 17.2 Å². The van der Waals surface area contributed by atoms with Crippen molar-refractivity contribution in [3.05, 3.63) is 122 Å². The van der Waals surface area contributed by atoms with Gasteiger partial charge >= 0.3 is 6.03 Å². The van der Waals surface area contributed by atoms with Gasteiger partial charge in [-0.25, -0.2) is 9.69 Å². The van der Waals surface area contributed by atoms with Crippen molar-refractivity contribution in [3.63, 3.8) is 0 Å². The van der Waals surface area contributed by atoms with E-state index in [0.29, 0.717) is 50.1 Å². The number of benzene rings is 4. The van der Waals surface area contributed by atoms with Crippen molar-refractivity contribution in [1.29, 1.82) is 0 Å². The third kappa shape index (κ3) is 7.11. The van der Waals surface area contributed by atoms with E-state index in [1.807, 2.05) is 12.1 Å². The van der Waals surface area contributed by atoms with Crippen molar-refractivity contribution in [1.82, 2.24) is 5.32 Å². The van der Waals surface area contributed by atoms with Crippen LogP contribution in [0.25, 0.3) is 6.08 Å². The molecule has 4 amide bonds. The molecular weight excluding hydrogens is 615 g/mol. The number of rotatable bonds is 9. The lowest BCUT2D eigenvalue weighted by atomic mass is 10.1. The summed E-state index contributed by atoms with van der Waals surface area (Å²) in [5.41, 5.74) is 2.00. The summed E-state index contributed by atoms with van der Waals surface area (Å²) in [5.74, 6) is -0.294. The molecule has 4 aromatic carbocycles. The van der Waals surface area contributed by atoms with Crippen molar-refractivity contribution in [2.24, 2.45) is 0 Å². The summed E-state index contributed by atoms with van der Waals surface area (Å²) in [7, 11) is 1.50. The molecule has 0 radical (unpaired) electrons. The minimum absolute atomic E-state index is 0.0799. The summed E-state index contributed by atoms with van der Waals surface area (Å²) < 4.78 is 17.1. The molecule has 1 aliphatic heterocycles. The lowest BCUT2D eigenvalue weighted by Crippen LogP contribution is -2.54. The molecule has 43 heavy (non-hydrogen) atoms. The molecular formula is C32H23Cl3N2O6. The molecule has 0 unspecified atom stereocenters. The predicted octanol–water partition coefficient (Wildman–Crippen LogP) is 7.48. The first kappa shape index (κ1) is 30.0. The smallest absolute Gasteiger partial charge is 0.335 e. The monoisotopic (exact) mass is 636 g/mol. The standard InChI is InChI=1S/C32H23Cl3N2O6/c1-41-26-11-5-20(29(16-26)43-18-21-4-8-23(34)15-28(21)35)14-27-30(38)36-32(40)37(31(27)39)24-9-12-25(13-10-24)42-17-19-2-6-22(33)7-3-19/h2-16H,17-18H2,1H3,(H,36,38,40)/b27-14+. The summed E-state index contributed by atoms with van der Waals surface area (Å²) in [4.78, 5) is 39.9. The van der Waals surface area contributed by atoms with Crippen LogP contribution in [0.4, 0.5) is 10.5 Å². The van der Waals surface area contributed by atoms with E-state index in [4.69, 9.17) is 49.0 Å². The third-order valence-corrected chi connectivity index (χ3v) is 7.27. The third-order valence-electron chi connectivity index (χ3n) is 6.43. The van der Waals surface area contributed by atoms with E-state index in [9.17, 15) is 14.4 Å². The van der Waals surface area contributed by atoms with E-state index in [0.717, 1.165) is 10.5 Å². The van der Waals surface area contributed by atoms with Crippen molar-refractivity contribution >= 4 is 64.4 Å². The number of carbonyl (C=O) groups is 3. The Morgan fingerprint density at radius 1 is 0.767 bits per heavy atom. The molecule has 8 nitrogen and oxygen atoms in total. The summed E-state index contributed by atoms with van der Waals surface area (Å²) in [6, 6.07) is 22.7. The molecule has 0 saturated carbocycles. The van der Waals surface area contributed by atoms with Gasteiger partial charge in [-0.3, -0.25) is 14.9 Å². The quantitative estimate of drug-likeness (QED) is 0.151. The summed E-state index contributed by atoms with van der Waals surface area (Å²) in [5, 5.41) is 3.77. The number of halogens is 3. The van der Waals surface area contributed by atoms with Crippen LogP contribution in [-0.4, -0.2) is 25.0 Å². The molecule has 1 saturated heterocycles. The first-order chi connectivity index (χ1) is 20.7. The van der Waals surface area contributed by atoms with Crippen LogP contribution in [0.2, 0.25) is 15.1 Å². The number of anilines is 1. The van der Waals surface area contributed by atoms with Crippen LogP contribution < -0.4 is 24.4 Å². The average molecular weight is 638 g/mol. The fraction of sp³-hybridized carbons (Fsp3) is 0.0938. The molecule has 0 bridgehead atoms. The number of methoxy groups -OCH3 is 1. The topological polar surface area (TPSA) is 94.2 Å². The van der Waals surface area contributed by atoms with E-state index >= 15 is 0 Å². The van der Waals surface area contributed by atoms with E-state index < -0.39 is 17.8 Å². The fourth-order valence-corrected chi connectivity index (χ4v) is 4.76. The van der Waals surface area contributed by atoms with Gasteiger partial charge in [0, 0.05) is 32.3 Å². The van der Waals surface area contributed by atoms with Gasteiger partial charge in [0.2, 0.25) is 0 Å². The maximum Gasteiger partial charge on any atom is 0.335 e. The number of hydrogen-bond donors (Lipinski definition) is 1. The first-order valence-electron chi connectivity index (χ1n) is 12.9. The van der Waals surface area contributed by atoms with Crippen molar-refractivity contribution in [3.8, 4) is 17.2 Å². The maximum atomic E-state index is 13.5. The highest BCUT2D eigenvalue weighted by Crippen LogP contribution is 2.31. The number of ether oxygens (including phenoxy) is 3. The Morgan fingerprint density at radius 3 is 2.16 bits per heavy atom. The SMILES string of the molecule is COc1ccc(/C=C2\C(=O)NC(=O)N(c3ccc(OCc4ccc(Cl)cc4)cc3)C2=O)c(OCc2ccc(Cl)cc2Cl)c1. The average Bonchev–Trinajstić information content (AvgIpc) is 2.99. The second-order valence-corrected chi connectivity index (χ2v) is 10.6. The minimum atomic E-state index is -0.870. The number of carbonyl (C=O) groups excluding carboxylic acids is 3. The molecule has 1 heterocycles. The molecule has 4 aromatic rings. The number of amides is 4. The molecule has 1 N–H and O–H groups in total. The Hall–Kier alpha value is -4.50. The van der Waals surface area contributed by atoms with E-state index in [-0.39, 0.29) is 17.9 Å². The molecule has 0 aliphatic carbocycles. The number of imide groups is 2. The highest BCUT2D eigenvalue weighted by molar-refractivity contribution is 6.39. The highest BCUT2D eigenvalue weighted by atomic mass is 35.5. The van der Waals surface area contributed by atoms with Gasteiger partial charge < -0.3 is 14.2 Å². The van der Waals surface area contributed by atoms with Gasteiger partial charge in [0.05, 0.1) is 12.8 Å². The van der Waals surface area contributed by atoms with Gasteiger partial charge in [-0.2, -0.15) is 0 Å². The fourth-order valence-electron chi connectivity index (χ4n) is 4.17. The van der Waals surface area contributed by atoms with Crippen LogP contribution in [0.1, 0.15) is 16.7 Å². The number of hydrogen-bond acceptors (Lipinski definition) is 6. The lowest BCUT2D eigenvalue weighted by Gasteiger charge is -2.26. The van der Waals surface area contributed by atoms with E-state index in [2.05, 4.69) is 5.32 Å². The molecule has 218 valence electrons. The van der Waals surface area contributed by atoms with Crippen molar-refractivity contribution in [2.45, 2.75) is 13.2 Å². The molecule has 5 rings (SSSR count). The minimum Gasteiger partial charge on any atom is -0.497 e. The zero-order chi connectivity index (χ0) is 30.5. The Balaban J connectivity index is 1.37. The molecule has 0 atom stereocenters. The number of barbiturate groups is 1. The number of urea groups is 1. The van der Waals surface area contributed by atoms with E-state index in [1.165, 1.54) is 13.2 Å². The highest BCUT2D eigenvalue weighted by Gasteiger charge is 2.37. The van der Waals surface area contributed by atoms with Gasteiger partial charge in [0.1, 0.15) is 36.0 Å². The van der Waals surface area contributed by atoms with Crippen LogP contribution >= 0.6 is 34.8 Å². The van der Waals surface area contributed by atoms with Crippen molar-refractivity contribution < 1.29 is 28.6 Å². The Kier molecular flexibility index (Phi) is 9.21. The summed E-state index contributed by atoms with van der Waals surface area (Å²) in [6.07, 6.45) is 1.36. The second-order valence-electron chi connectivity index (χ2n) is 9.30. The zero-order valence-electron chi connectivity index (χ0n) is 22.6. The maximum absolute atomic E-state index is 13.5. The Morgan fingerprint density at radius 2 is 1.47 bits per heavy atom. The summed E-state index contributed by atoms with van der Waals surface area (Å²) in [6.45, 7) is 0.383. The van der Waals surface area contributed by atoms with Crippen LogP contribution in [0, 0.1) is 0 Å². The number of nitrogens with one attached hydrogen (secondary N) is 1. The Labute approximate surface area is 262 Å². The lowest BCUT2D eigenvalue weighted by molar-refractivity contribution is -0.122. The molecule has 1 fully saturated rings. The van der Waals surface area contributed by atoms with Crippen LogP contribution in [0.15, 0.2) is 90.5 Å². The van der Waals surface area contributed by atoms with Gasteiger partial charge in [0.25, 0.3) is 11.8 Å². The summed E-state index contributed by atoms with van der Waals surface area (Å²) >= 11 is 18.2. The molecule has 0 spiro atoms. The van der Waals surface area contributed by atoms with Gasteiger partial charge in [-0.1, -0.05) is 53.0 Å². The second kappa shape index (κ2) is 13.2. The van der Waals surface area contributed by atoms with Crippen LogP contribution in [0.3, 0.4) is 0 Å². The predicted molar refractivity (Wildman–Crippen MR) is 165 cm³/mol. The van der Waals surface area contributed by atoms with Gasteiger partial charge in [0.15, 0.2) is 0 Å². The molecule has 1 aliphatic rings. The Bertz CT molecular complexity index is 1720. The zero-order valence-corrected chi connectivity index (χ0v) is 24.9. The molecule has 11 heteroatoms. The van der Waals surface area contributed by atoms with Crippen LogP contribution in [-0.2, 0) is 22.8 Å². The van der Waals surface area contributed by atoms with Gasteiger partial charge in [-0.15, -0.1) is 0 Å². The normalized spacial score (nSPS) is 14.1. The number of nitrogens with zero attached hydrogens (tertiary/aromatic N) is 1.